The van der Waals surface area contributed by atoms with E-state index in [0.29, 0.717) is 16.5 Å². The molecule has 3 aromatic carbocycles. The first-order chi connectivity index (χ1) is 18.5. The number of halogens is 1. The summed E-state index contributed by atoms with van der Waals surface area (Å²) < 4.78 is 17.9. The zero-order chi connectivity index (χ0) is 29.6. The van der Waals surface area contributed by atoms with E-state index < -0.39 is 20.0 Å². The normalized spacial score (nSPS) is 13.8. The van der Waals surface area contributed by atoms with E-state index in [2.05, 4.69) is 33.9 Å². The summed E-state index contributed by atoms with van der Waals surface area (Å²) in [6.07, 6.45) is -0.590. The number of methoxy groups -OCH3 is 1. The second-order valence-corrected chi connectivity index (χ2v) is 17.8. The van der Waals surface area contributed by atoms with Gasteiger partial charge in [0.25, 0.3) is 8.32 Å². The number of imide groups is 1. The molecule has 2 amide bonds. The van der Waals surface area contributed by atoms with Gasteiger partial charge in [0.2, 0.25) is 5.91 Å². The number of carbonyl (C=O) groups is 2. The Balaban J connectivity index is 1.68. The van der Waals surface area contributed by atoms with Crippen LogP contribution in [0.5, 0.6) is 11.5 Å². The summed E-state index contributed by atoms with van der Waals surface area (Å²) in [5.74, 6) is 1.12. The lowest BCUT2D eigenvalue weighted by Crippen LogP contribution is -2.44. The van der Waals surface area contributed by atoms with E-state index in [-0.39, 0.29) is 17.4 Å². The second kappa shape index (κ2) is 10.6. The van der Waals surface area contributed by atoms with Gasteiger partial charge in [-0.1, -0.05) is 68.8 Å². The summed E-state index contributed by atoms with van der Waals surface area (Å²) in [6.45, 7) is 16.4. The van der Waals surface area contributed by atoms with Crippen molar-refractivity contribution in [2.75, 3.05) is 12.0 Å². The van der Waals surface area contributed by atoms with Gasteiger partial charge in [-0.15, -0.1) is 0 Å². The molecule has 0 fully saturated rings. The van der Waals surface area contributed by atoms with Crippen LogP contribution < -0.4 is 14.1 Å². The largest absolute Gasteiger partial charge is 0.541 e. The molecule has 0 bridgehead atoms. The number of fused-ring (bicyclic) bond motifs is 1. The van der Waals surface area contributed by atoms with Crippen LogP contribution in [0.1, 0.15) is 47.1 Å². The molecule has 1 aliphatic rings. The molecule has 0 unspecified atom stereocenters. The highest BCUT2D eigenvalue weighted by molar-refractivity contribution is 6.74. The van der Waals surface area contributed by atoms with Crippen molar-refractivity contribution in [1.82, 2.24) is 0 Å². The molecule has 0 saturated heterocycles. The third-order valence-electron chi connectivity index (χ3n) is 7.45. The molecule has 0 radical (unpaired) electrons. The number of carbonyl (C=O) groups excluding carboxylic acids is 2. The van der Waals surface area contributed by atoms with Crippen molar-refractivity contribution < 1.29 is 23.5 Å². The Morgan fingerprint density at radius 1 is 0.925 bits per heavy atom. The summed E-state index contributed by atoms with van der Waals surface area (Å²) in [7, 11) is -0.475. The second-order valence-electron chi connectivity index (χ2n) is 12.6. The number of anilines is 1. The van der Waals surface area contributed by atoms with Gasteiger partial charge in [-0.25, -0.2) is 9.69 Å². The number of rotatable bonds is 5. The van der Waals surface area contributed by atoms with Gasteiger partial charge in [0.05, 0.1) is 24.2 Å². The van der Waals surface area contributed by atoms with Crippen LogP contribution in [0, 0.1) is 0 Å². The van der Waals surface area contributed by atoms with Crippen molar-refractivity contribution in [2.45, 2.75) is 71.7 Å². The van der Waals surface area contributed by atoms with Crippen LogP contribution in [0.15, 0.2) is 54.6 Å². The van der Waals surface area contributed by atoms with E-state index in [1.165, 1.54) is 0 Å². The Bertz CT molecular complexity index is 1450. The zero-order valence-corrected chi connectivity index (χ0v) is 26.5. The predicted octanol–water partition coefficient (Wildman–Crippen LogP) is 8.89. The van der Waals surface area contributed by atoms with Crippen LogP contribution in [-0.4, -0.2) is 33.0 Å². The Morgan fingerprint density at radius 2 is 1.52 bits per heavy atom. The monoisotopic (exact) mass is 579 g/mol. The highest BCUT2D eigenvalue weighted by Crippen LogP contribution is 2.45. The van der Waals surface area contributed by atoms with Crippen LogP contribution in [0.25, 0.3) is 22.3 Å². The zero-order valence-electron chi connectivity index (χ0n) is 24.8. The summed E-state index contributed by atoms with van der Waals surface area (Å²) in [5, 5.41) is 0.470. The first-order valence-corrected chi connectivity index (χ1v) is 16.7. The van der Waals surface area contributed by atoms with Gasteiger partial charge in [0, 0.05) is 11.1 Å². The van der Waals surface area contributed by atoms with Crippen molar-refractivity contribution in [3.8, 4) is 33.8 Å². The molecule has 0 N–H and O–H groups in total. The predicted molar refractivity (Wildman–Crippen MR) is 164 cm³/mol. The minimum Gasteiger partial charge on any atom is -0.541 e. The lowest BCUT2D eigenvalue weighted by Gasteiger charge is -2.37. The van der Waals surface area contributed by atoms with E-state index >= 15 is 0 Å². The molecule has 4 rings (SSSR count). The molecule has 3 aromatic rings. The van der Waals surface area contributed by atoms with Crippen LogP contribution in [0.2, 0.25) is 23.2 Å². The van der Waals surface area contributed by atoms with E-state index in [1.54, 1.807) is 33.9 Å². The van der Waals surface area contributed by atoms with Gasteiger partial charge in [-0.05, 0) is 73.8 Å². The van der Waals surface area contributed by atoms with E-state index in [1.807, 2.05) is 48.5 Å². The quantitative estimate of drug-likeness (QED) is 0.282. The van der Waals surface area contributed by atoms with Crippen molar-refractivity contribution in [2.24, 2.45) is 0 Å². The van der Waals surface area contributed by atoms with Crippen molar-refractivity contribution >= 4 is 37.6 Å². The molecular formula is C32H38ClNO5Si. The first kappa shape index (κ1) is 29.7. The summed E-state index contributed by atoms with van der Waals surface area (Å²) >= 11 is 6.71. The number of hydrogen-bond acceptors (Lipinski definition) is 5. The van der Waals surface area contributed by atoms with Crippen molar-refractivity contribution in [1.29, 1.82) is 0 Å². The molecule has 1 aliphatic heterocycles. The van der Waals surface area contributed by atoms with Gasteiger partial charge in [-0.2, -0.15) is 0 Å². The van der Waals surface area contributed by atoms with Crippen LogP contribution >= 0.6 is 11.6 Å². The third kappa shape index (κ3) is 5.91. The van der Waals surface area contributed by atoms with Crippen LogP contribution in [0.3, 0.4) is 0 Å². The maximum absolute atomic E-state index is 12.7. The summed E-state index contributed by atoms with van der Waals surface area (Å²) in [4.78, 5) is 26.5. The lowest BCUT2D eigenvalue weighted by atomic mass is 9.98. The smallest absolute Gasteiger partial charge is 0.421 e. The van der Waals surface area contributed by atoms with Crippen molar-refractivity contribution in [3.63, 3.8) is 0 Å². The molecule has 1 heterocycles. The Hall–Kier alpha value is -3.29. The molecular weight excluding hydrogens is 542 g/mol. The number of ether oxygens (including phenoxy) is 2. The van der Waals surface area contributed by atoms with Crippen molar-refractivity contribution in [3.05, 3.63) is 65.2 Å². The molecule has 0 saturated carbocycles. The molecule has 0 atom stereocenters. The van der Waals surface area contributed by atoms with E-state index in [4.69, 9.17) is 25.5 Å². The molecule has 212 valence electrons. The number of nitrogens with zero attached hydrogens (tertiary/aromatic N) is 1. The molecule has 0 aliphatic carbocycles. The van der Waals surface area contributed by atoms with Crippen LogP contribution in [0.4, 0.5) is 10.5 Å². The summed E-state index contributed by atoms with van der Waals surface area (Å²) in [5.41, 5.74) is 4.10. The maximum Gasteiger partial charge on any atom is 0.421 e. The molecule has 40 heavy (non-hydrogen) atoms. The fraction of sp³-hybridized carbons (Fsp3) is 0.375. The lowest BCUT2D eigenvalue weighted by molar-refractivity contribution is -0.117. The van der Waals surface area contributed by atoms with Gasteiger partial charge < -0.3 is 13.9 Å². The van der Waals surface area contributed by atoms with Gasteiger partial charge in [0.15, 0.2) is 11.5 Å². The Labute approximate surface area is 243 Å². The SMILES string of the molecule is COc1cccc(-c2ccc(-c3cc4c(cc3Cl)N(C(=O)OC(C)(C)C)C(=O)C4)cc2)c1O[Si](C)(C)C(C)(C)C. The molecule has 8 heteroatoms. The minimum absolute atomic E-state index is 0.0275. The first-order valence-electron chi connectivity index (χ1n) is 13.4. The third-order valence-corrected chi connectivity index (χ3v) is 12.1. The number of hydrogen-bond donors (Lipinski definition) is 0. The Morgan fingerprint density at radius 3 is 2.08 bits per heavy atom. The fourth-order valence-corrected chi connectivity index (χ4v) is 5.60. The van der Waals surface area contributed by atoms with Crippen LogP contribution in [-0.2, 0) is 16.0 Å². The Kier molecular flexibility index (Phi) is 7.86. The van der Waals surface area contributed by atoms with Gasteiger partial charge in [0.1, 0.15) is 5.60 Å². The average Bonchev–Trinajstić information content (AvgIpc) is 3.16. The van der Waals surface area contributed by atoms with Gasteiger partial charge in [-0.3, -0.25) is 4.79 Å². The number of para-hydroxylation sites is 1. The number of benzene rings is 3. The fourth-order valence-electron chi connectivity index (χ4n) is 4.31. The van der Waals surface area contributed by atoms with E-state index in [9.17, 15) is 9.59 Å². The number of amides is 2. The highest BCUT2D eigenvalue weighted by Gasteiger charge is 2.40. The minimum atomic E-state index is -2.13. The summed E-state index contributed by atoms with van der Waals surface area (Å²) in [6, 6.07) is 17.5. The van der Waals surface area contributed by atoms with Gasteiger partial charge >= 0.3 is 6.09 Å². The molecule has 6 nitrogen and oxygen atoms in total. The standard InChI is InChI=1S/C32H38ClNO5Si/c1-31(2,3)38-30(36)34-26-19-25(33)24(17-22(26)18-28(34)35)21-15-13-20(14-16-21)23-11-10-12-27(37-7)29(23)39-40(8,9)32(4,5)6/h10-17,19H,18H2,1-9H3. The van der Waals surface area contributed by atoms with E-state index in [0.717, 1.165) is 38.5 Å². The highest BCUT2D eigenvalue weighted by atomic mass is 35.5. The average molecular weight is 580 g/mol. The maximum atomic E-state index is 12.7. The molecule has 0 spiro atoms. The topological polar surface area (TPSA) is 65.1 Å². The molecule has 0 aromatic heterocycles.